The molecule has 2 N–H and O–H groups in total. The maximum Gasteiger partial charge on any atom is -0.00483 e. The molecule has 1 atom stereocenters. The topological polar surface area (TPSA) is 26.0 Å². The summed E-state index contributed by atoms with van der Waals surface area (Å²) in [7, 11) is 0. The Balaban J connectivity index is 2.84. The van der Waals surface area contributed by atoms with Gasteiger partial charge in [-0.3, -0.25) is 0 Å². The number of hydrogen-bond acceptors (Lipinski definition) is 1. The molecule has 0 amide bonds. The first-order valence-corrected chi connectivity index (χ1v) is 5.43. The quantitative estimate of drug-likeness (QED) is 0.778. The van der Waals surface area contributed by atoms with Crippen LogP contribution in [0.15, 0.2) is 24.3 Å². The second kappa shape index (κ2) is 5.16. The third kappa shape index (κ3) is 2.85. The highest BCUT2D eigenvalue weighted by Crippen LogP contribution is 2.21. The number of rotatable bonds is 4. The highest BCUT2D eigenvalue weighted by atomic mass is 14.5. The van der Waals surface area contributed by atoms with Gasteiger partial charge in [-0.2, -0.15) is 0 Å². The van der Waals surface area contributed by atoms with Crippen molar-refractivity contribution >= 4 is 0 Å². The summed E-state index contributed by atoms with van der Waals surface area (Å²) in [5, 5.41) is 0. The Labute approximate surface area is 87.3 Å². The van der Waals surface area contributed by atoms with Crippen LogP contribution in [0.3, 0.4) is 0 Å². The van der Waals surface area contributed by atoms with Crippen molar-refractivity contribution in [2.45, 2.75) is 33.1 Å². The van der Waals surface area contributed by atoms with Gasteiger partial charge in [0.05, 0.1) is 0 Å². The van der Waals surface area contributed by atoms with Gasteiger partial charge < -0.3 is 5.73 Å². The zero-order valence-electron chi connectivity index (χ0n) is 9.46. The standard InChI is InChI=1S/C13H21N/c1-10(2)13-7-5-4-6-12(13)8-11(3)9-14/h4-7,10-11H,8-9,14H2,1-3H3. The van der Waals surface area contributed by atoms with Gasteiger partial charge >= 0.3 is 0 Å². The molecule has 0 saturated carbocycles. The molecule has 0 fully saturated rings. The molecule has 0 aliphatic carbocycles. The Kier molecular flexibility index (Phi) is 4.15. The molecule has 1 unspecified atom stereocenters. The van der Waals surface area contributed by atoms with Gasteiger partial charge in [-0.05, 0) is 35.9 Å². The zero-order valence-corrected chi connectivity index (χ0v) is 9.46. The second-order valence-corrected chi connectivity index (χ2v) is 4.40. The molecule has 0 aliphatic rings. The summed E-state index contributed by atoms with van der Waals surface area (Å²) in [6.45, 7) is 7.46. The van der Waals surface area contributed by atoms with Crippen LogP contribution < -0.4 is 5.73 Å². The Hall–Kier alpha value is -0.820. The summed E-state index contributed by atoms with van der Waals surface area (Å²) >= 11 is 0. The minimum Gasteiger partial charge on any atom is -0.330 e. The molecule has 0 radical (unpaired) electrons. The maximum atomic E-state index is 5.65. The van der Waals surface area contributed by atoms with Crippen molar-refractivity contribution in [3.05, 3.63) is 35.4 Å². The van der Waals surface area contributed by atoms with Crippen LogP contribution in [0, 0.1) is 5.92 Å². The summed E-state index contributed by atoms with van der Waals surface area (Å²) in [5.41, 5.74) is 8.57. The van der Waals surface area contributed by atoms with Gasteiger partial charge in [0.25, 0.3) is 0 Å². The van der Waals surface area contributed by atoms with E-state index in [1.165, 1.54) is 11.1 Å². The Morgan fingerprint density at radius 3 is 2.36 bits per heavy atom. The molecule has 0 spiro atoms. The predicted molar refractivity (Wildman–Crippen MR) is 62.5 cm³/mol. The van der Waals surface area contributed by atoms with Crippen LogP contribution in [0.1, 0.15) is 37.8 Å². The van der Waals surface area contributed by atoms with Gasteiger partial charge in [-0.15, -0.1) is 0 Å². The summed E-state index contributed by atoms with van der Waals surface area (Å²) in [6, 6.07) is 8.68. The molecule has 1 heteroatoms. The smallest absolute Gasteiger partial charge is 0.00483 e. The SMILES string of the molecule is CC(CN)Cc1ccccc1C(C)C. The first-order valence-electron chi connectivity index (χ1n) is 5.43. The number of nitrogens with two attached hydrogens (primary N) is 1. The lowest BCUT2D eigenvalue weighted by atomic mass is 9.91. The van der Waals surface area contributed by atoms with E-state index < -0.39 is 0 Å². The fourth-order valence-corrected chi connectivity index (χ4v) is 1.74. The van der Waals surface area contributed by atoms with Gasteiger partial charge in [-0.1, -0.05) is 45.0 Å². The fourth-order valence-electron chi connectivity index (χ4n) is 1.74. The first-order chi connectivity index (χ1) is 6.65. The lowest BCUT2D eigenvalue weighted by Crippen LogP contribution is -2.14. The van der Waals surface area contributed by atoms with Crippen LogP contribution in [0.4, 0.5) is 0 Å². The molecule has 0 heterocycles. The largest absolute Gasteiger partial charge is 0.330 e. The average molecular weight is 191 g/mol. The van der Waals surface area contributed by atoms with E-state index in [4.69, 9.17) is 5.73 Å². The normalized spacial score (nSPS) is 13.2. The summed E-state index contributed by atoms with van der Waals surface area (Å²) in [4.78, 5) is 0. The lowest BCUT2D eigenvalue weighted by molar-refractivity contribution is 0.587. The van der Waals surface area contributed by atoms with E-state index in [1.54, 1.807) is 0 Å². The molecule has 0 saturated heterocycles. The van der Waals surface area contributed by atoms with E-state index in [0.717, 1.165) is 13.0 Å². The van der Waals surface area contributed by atoms with E-state index >= 15 is 0 Å². The highest BCUT2D eigenvalue weighted by Gasteiger charge is 2.08. The van der Waals surface area contributed by atoms with E-state index in [-0.39, 0.29) is 0 Å². The molecular formula is C13H21N. The molecule has 0 bridgehead atoms. The van der Waals surface area contributed by atoms with Crippen molar-refractivity contribution in [1.82, 2.24) is 0 Å². The third-order valence-corrected chi connectivity index (χ3v) is 2.65. The Morgan fingerprint density at radius 2 is 1.79 bits per heavy atom. The summed E-state index contributed by atoms with van der Waals surface area (Å²) in [5.74, 6) is 1.19. The molecule has 1 nitrogen and oxygen atoms in total. The van der Waals surface area contributed by atoms with Crippen LogP contribution >= 0.6 is 0 Å². The zero-order chi connectivity index (χ0) is 10.6. The van der Waals surface area contributed by atoms with Crippen molar-refractivity contribution in [3.63, 3.8) is 0 Å². The highest BCUT2D eigenvalue weighted by molar-refractivity contribution is 5.30. The van der Waals surface area contributed by atoms with Gasteiger partial charge in [0.15, 0.2) is 0 Å². The molecular weight excluding hydrogens is 170 g/mol. The van der Waals surface area contributed by atoms with E-state index in [1.807, 2.05) is 0 Å². The number of benzene rings is 1. The molecule has 0 aromatic heterocycles. The van der Waals surface area contributed by atoms with E-state index in [2.05, 4.69) is 45.0 Å². The van der Waals surface area contributed by atoms with Crippen molar-refractivity contribution in [1.29, 1.82) is 0 Å². The molecule has 0 aliphatic heterocycles. The maximum absolute atomic E-state index is 5.65. The first kappa shape index (κ1) is 11.3. The minimum atomic E-state index is 0.579. The lowest BCUT2D eigenvalue weighted by Gasteiger charge is -2.15. The average Bonchev–Trinajstić information content (AvgIpc) is 2.18. The van der Waals surface area contributed by atoms with E-state index in [0.29, 0.717) is 11.8 Å². The van der Waals surface area contributed by atoms with Gasteiger partial charge in [0.1, 0.15) is 0 Å². The summed E-state index contributed by atoms with van der Waals surface area (Å²) in [6.07, 6.45) is 1.10. The molecule has 1 aromatic carbocycles. The van der Waals surface area contributed by atoms with Crippen LogP contribution in [0.5, 0.6) is 0 Å². The van der Waals surface area contributed by atoms with Gasteiger partial charge in [0, 0.05) is 0 Å². The van der Waals surface area contributed by atoms with Crippen molar-refractivity contribution in [2.24, 2.45) is 11.7 Å². The van der Waals surface area contributed by atoms with Crippen LogP contribution in [0.25, 0.3) is 0 Å². The number of hydrogen-bond donors (Lipinski definition) is 1. The van der Waals surface area contributed by atoms with Gasteiger partial charge in [0.2, 0.25) is 0 Å². The van der Waals surface area contributed by atoms with Crippen molar-refractivity contribution < 1.29 is 0 Å². The van der Waals surface area contributed by atoms with Gasteiger partial charge in [-0.25, -0.2) is 0 Å². The van der Waals surface area contributed by atoms with Crippen LogP contribution in [0.2, 0.25) is 0 Å². The van der Waals surface area contributed by atoms with Crippen LogP contribution in [-0.2, 0) is 6.42 Å². The molecule has 1 rings (SSSR count). The van der Waals surface area contributed by atoms with Crippen molar-refractivity contribution in [2.75, 3.05) is 6.54 Å². The van der Waals surface area contributed by atoms with Crippen LogP contribution in [-0.4, -0.2) is 6.54 Å². The minimum absolute atomic E-state index is 0.579. The predicted octanol–water partition coefficient (Wildman–Crippen LogP) is 2.95. The Bertz CT molecular complexity index is 278. The molecule has 14 heavy (non-hydrogen) atoms. The van der Waals surface area contributed by atoms with E-state index in [9.17, 15) is 0 Å². The summed E-state index contributed by atoms with van der Waals surface area (Å²) < 4.78 is 0. The van der Waals surface area contributed by atoms with Crippen molar-refractivity contribution in [3.8, 4) is 0 Å². The Morgan fingerprint density at radius 1 is 1.14 bits per heavy atom. The monoisotopic (exact) mass is 191 g/mol. The fraction of sp³-hybridized carbons (Fsp3) is 0.538. The molecule has 78 valence electrons. The third-order valence-electron chi connectivity index (χ3n) is 2.65. The molecule has 1 aromatic rings. The second-order valence-electron chi connectivity index (χ2n) is 4.40.